The highest BCUT2D eigenvalue weighted by Crippen LogP contribution is 2.29. The quantitative estimate of drug-likeness (QED) is 0.117. The molecule has 1 aliphatic heterocycles. The third-order valence-electron chi connectivity index (χ3n) is 6.30. The highest BCUT2D eigenvalue weighted by molar-refractivity contribution is 7.98. The summed E-state index contributed by atoms with van der Waals surface area (Å²) < 4.78 is 5.80. The Balaban J connectivity index is 1.38. The molecule has 0 radical (unpaired) electrons. The van der Waals surface area contributed by atoms with Crippen molar-refractivity contribution in [1.82, 2.24) is 14.9 Å². The minimum Gasteiger partial charge on any atom is -0.492 e. The van der Waals surface area contributed by atoms with E-state index in [-0.39, 0.29) is 5.91 Å². The van der Waals surface area contributed by atoms with E-state index in [9.17, 15) is 4.79 Å². The molecule has 0 unspecified atom stereocenters. The summed E-state index contributed by atoms with van der Waals surface area (Å²) in [6.45, 7) is 14.3. The monoisotopic (exact) mass is 563 g/mol. The number of nitrogens with zero attached hydrogens (tertiary/aromatic N) is 5. The zero-order chi connectivity index (χ0) is 27.6. The summed E-state index contributed by atoms with van der Waals surface area (Å²) in [6.07, 6.45) is 3.63. The molecule has 39 heavy (non-hydrogen) atoms. The first-order valence-electron chi connectivity index (χ1n) is 13.0. The molecule has 204 valence electrons. The largest absolute Gasteiger partial charge is 0.492 e. The number of para-hydroxylation sites is 2. The summed E-state index contributed by atoms with van der Waals surface area (Å²) in [5, 5.41) is 0.961. The van der Waals surface area contributed by atoms with Gasteiger partial charge in [-0.2, -0.15) is 0 Å². The fraction of sp³-hybridized carbons (Fsp3) is 0.300. The van der Waals surface area contributed by atoms with E-state index in [0.717, 1.165) is 35.9 Å². The molecule has 0 atom stereocenters. The number of piperazine rings is 1. The highest BCUT2D eigenvalue weighted by Gasteiger charge is 2.24. The molecule has 1 aromatic heterocycles. The van der Waals surface area contributed by atoms with Crippen LogP contribution >= 0.6 is 23.4 Å². The van der Waals surface area contributed by atoms with Gasteiger partial charge in [-0.15, -0.1) is 13.2 Å². The number of hydrogen-bond acceptors (Lipinski definition) is 7. The van der Waals surface area contributed by atoms with E-state index < -0.39 is 0 Å². The van der Waals surface area contributed by atoms with Gasteiger partial charge in [-0.05, 0) is 36.8 Å². The van der Waals surface area contributed by atoms with Gasteiger partial charge in [-0.1, -0.05) is 59.8 Å². The number of hydrogen-bond donors (Lipinski definition) is 0. The number of thioether (sulfide) groups is 1. The van der Waals surface area contributed by atoms with Crippen LogP contribution in [0.15, 0.2) is 85.1 Å². The second kappa shape index (κ2) is 14.1. The first kappa shape index (κ1) is 28.5. The second-order valence-corrected chi connectivity index (χ2v) is 10.3. The van der Waals surface area contributed by atoms with Gasteiger partial charge in [0, 0.05) is 56.7 Å². The van der Waals surface area contributed by atoms with Gasteiger partial charge in [0.15, 0.2) is 5.16 Å². The second-order valence-electron chi connectivity index (χ2n) is 8.98. The van der Waals surface area contributed by atoms with E-state index in [1.165, 1.54) is 11.8 Å². The molecule has 0 aliphatic carbocycles. The van der Waals surface area contributed by atoms with E-state index in [4.69, 9.17) is 16.3 Å². The number of carbonyl (C=O) groups is 1. The van der Waals surface area contributed by atoms with Crippen LogP contribution in [0.4, 0.5) is 11.5 Å². The van der Waals surface area contributed by atoms with Gasteiger partial charge >= 0.3 is 0 Å². The number of benzene rings is 2. The molecule has 0 N–H and O–H groups in total. The molecule has 9 heteroatoms. The molecular weight excluding hydrogens is 530 g/mol. The number of rotatable bonds is 12. The zero-order valence-corrected chi connectivity index (χ0v) is 23.8. The molecule has 0 saturated carbocycles. The number of anilines is 2. The third-order valence-corrected chi connectivity index (χ3v) is 7.41. The lowest BCUT2D eigenvalue weighted by molar-refractivity contribution is 0.0746. The standard InChI is InChI=1S/C30H34ClN5O2S/c1-4-14-35(15-5-2)28-21-27(31)32-30(33-28)39-22-23-10-9-11-24(20-23)29(37)36-18-16-34(17-19-36)25-12-7-8-13-26(25)38-6-3/h4-5,7-13,20-21H,1-2,6,14-19,22H2,3H3. The van der Waals surface area contributed by atoms with Crippen LogP contribution in [-0.2, 0) is 5.75 Å². The van der Waals surface area contributed by atoms with Crippen molar-refractivity contribution in [2.24, 2.45) is 0 Å². The number of aromatic nitrogens is 2. The average Bonchev–Trinajstić information content (AvgIpc) is 2.96. The molecule has 2 heterocycles. The molecule has 7 nitrogen and oxygen atoms in total. The van der Waals surface area contributed by atoms with Gasteiger partial charge < -0.3 is 19.4 Å². The SMILES string of the molecule is C=CCN(CC=C)c1cc(Cl)nc(SCc2cccc(C(=O)N3CCN(c4ccccc4OCC)CC3)c2)n1. The smallest absolute Gasteiger partial charge is 0.253 e. The van der Waals surface area contributed by atoms with Gasteiger partial charge in [0.05, 0.1) is 12.3 Å². The minimum atomic E-state index is 0.0466. The van der Waals surface area contributed by atoms with Gasteiger partial charge in [0.2, 0.25) is 0 Å². The topological polar surface area (TPSA) is 61.8 Å². The lowest BCUT2D eigenvalue weighted by atomic mass is 10.1. The molecular formula is C30H34ClN5O2S. The maximum Gasteiger partial charge on any atom is 0.253 e. The fourth-order valence-corrected chi connectivity index (χ4v) is 5.48. The van der Waals surface area contributed by atoms with Gasteiger partial charge in [-0.25, -0.2) is 9.97 Å². The zero-order valence-electron chi connectivity index (χ0n) is 22.3. The summed E-state index contributed by atoms with van der Waals surface area (Å²) in [7, 11) is 0. The number of amides is 1. The van der Waals surface area contributed by atoms with Gasteiger partial charge in [0.25, 0.3) is 5.91 Å². The van der Waals surface area contributed by atoms with Crippen LogP contribution in [0.5, 0.6) is 5.75 Å². The molecule has 0 spiro atoms. The summed E-state index contributed by atoms with van der Waals surface area (Å²) in [6, 6.07) is 17.6. The Morgan fingerprint density at radius 3 is 2.51 bits per heavy atom. The van der Waals surface area contributed by atoms with Crippen LogP contribution in [-0.4, -0.2) is 66.7 Å². The molecule has 1 saturated heterocycles. The fourth-order valence-electron chi connectivity index (χ4n) is 4.46. The average molecular weight is 564 g/mol. The molecule has 1 aliphatic rings. The van der Waals surface area contributed by atoms with E-state index in [1.807, 2.05) is 71.3 Å². The molecule has 4 rings (SSSR count). The lowest BCUT2D eigenvalue weighted by Gasteiger charge is -2.36. The Morgan fingerprint density at radius 1 is 1.05 bits per heavy atom. The Bertz CT molecular complexity index is 1290. The van der Waals surface area contributed by atoms with Crippen molar-refractivity contribution in [1.29, 1.82) is 0 Å². The van der Waals surface area contributed by atoms with E-state index in [0.29, 0.717) is 54.4 Å². The van der Waals surface area contributed by atoms with Gasteiger partial charge in [0.1, 0.15) is 16.7 Å². The van der Waals surface area contributed by atoms with Crippen molar-refractivity contribution in [2.75, 3.05) is 55.7 Å². The summed E-state index contributed by atoms with van der Waals surface area (Å²) in [5.74, 6) is 2.27. The minimum absolute atomic E-state index is 0.0466. The number of carbonyl (C=O) groups excluding carboxylic acids is 1. The first-order chi connectivity index (χ1) is 19.0. The molecule has 2 aromatic carbocycles. The predicted octanol–water partition coefficient (Wildman–Crippen LogP) is 5.96. The maximum atomic E-state index is 13.3. The maximum absolute atomic E-state index is 13.3. The van der Waals surface area contributed by atoms with Crippen LogP contribution < -0.4 is 14.5 Å². The van der Waals surface area contributed by atoms with Crippen molar-refractivity contribution < 1.29 is 9.53 Å². The molecule has 3 aromatic rings. The normalized spacial score (nSPS) is 13.2. The van der Waals surface area contributed by atoms with Crippen LogP contribution in [0.2, 0.25) is 5.15 Å². The van der Waals surface area contributed by atoms with Crippen molar-refractivity contribution in [3.8, 4) is 5.75 Å². The van der Waals surface area contributed by atoms with E-state index in [1.54, 1.807) is 6.07 Å². The van der Waals surface area contributed by atoms with Crippen molar-refractivity contribution in [3.05, 3.63) is 96.2 Å². The third kappa shape index (κ3) is 7.55. The number of ether oxygens (including phenoxy) is 1. The Hall–Kier alpha value is -3.49. The molecule has 1 fully saturated rings. The predicted molar refractivity (Wildman–Crippen MR) is 161 cm³/mol. The van der Waals surface area contributed by atoms with Gasteiger partial charge in [-0.3, -0.25) is 4.79 Å². The molecule has 1 amide bonds. The Kier molecular flexibility index (Phi) is 10.3. The van der Waals surface area contributed by atoms with E-state index in [2.05, 4.69) is 34.1 Å². The molecule has 0 bridgehead atoms. The van der Waals surface area contributed by atoms with Crippen LogP contribution in [0, 0.1) is 0 Å². The lowest BCUT2D eigenvalue weighted by Crippen LogP contribution is -2.48. The summed E-state index contributed by atoms with van der Waals surface area (Å²) >= 11 is 7.79. The van der Waals surface area contributed by atoms with Crippen molar-refractivity contribution >= 4 is 40.8 Å². The summed E-state index contributed by atoms with van der Waals surface area (Å²) in [5.41, 5.74) is 2.79. The summed E-state index contributed by atoms with van der Waals surface area (Å²) in [4.78, 5) is 28.6. The van der Waals surface area contributed by atoms with Crippen molar-refractivity contribution in [2.45, 2.75) is 17.8 Å². The van der Waals surface area contributed by atoms with Crippen LogP contribution in [0.1, 0.15) is 22.8 Å². The number of halogens is 1. The Labute approximate surface area is 240 Å². The van der Waals surface area contributed by atoms with Crippen LogP contribution in [0.25, 0.3) is 0 Å². The van der Waals surface area contributed by atoms with Crippen LogP contribution in [0.3, 0.4) is 0 Å². The van der Waals surface area contributed by atoms with Crippen molar-refractivity contribution in [3.63, 3.8) is 0 Å². The van der Waals surface area contributed by atoms with E-state index >= 15 is 0 Å². The Morgan fingerprint density at radius 2 is 1.79 bits per heavy atom. The highest BCUT2D eigenvalue weighted by atomic mass is 35.5. The first-order valence-corrected chi connectivity index (χ1v) is 14.4.